The summed E-state index contributed by atoms with van der Waals surface area (Å²) in [6.07, 6.45) is -6.89. The summed E-state index contributed by atoms with van der Waals surface area (Å²) in [6, 6.07) is 1.24. The fraction of sp³-hybridized carbons (Fsp3) is 0.222. The number of aliphatic hydroxyl groups is 1. The number of alkyl halides is 3. The van der Waals surface area contributed by atoms with Crippen LogP contribution in [0.5, 0.6) is 0 Å². The Morgan fingerprint density at radius 2 is 1.88 bits per heavy atom. The fourth-order valence-corrected chi connectivity index (χ4v) is 1.06. The Kier molecular flexibility index (Phi) is 3.18. The highest BCUT2D eigenvalue weighted by Crippen LogP contribution is 2.31. The number of carboxylic acids is 1. The molecule has 0 heterocycles. The van der Waals surface area contributed by atoms with Gasteiger partial charge in [-0.2, -0.15) is 13.2 Å². The zero-order valence-electron chi connectivity index (χ0n) is 7.62. The van der Waals surface area contributed by atoms with E-state index in [4.69, 9.17) is 10.2 Å². The highest BCUT2D eigenvalue weighted by atomic mass is 19.4. The molecule has 0 aromatic heterocycles. The van der Waals surface area contributed by atoms with E-state index in [1.165, 1.54) is 0 Å². The summed E-state index contributed by atoms with van der Waals surface area (Å²) in [5.41, 5.74) is -1.95. The van der Waals surface area contributed by atoms with E-state index in [0.29, 0.717) is 12.1 Å². The van der Waals surface area contributed by atoms with Gasteiger partial charge in [0.25, 0.3) is 0 Å². The van der Waals surface area contributed by atoms with Crippen LogP contribution in [0.2, 0.25) is 0 Å². The molecule has 3 nitrogen and oxygen atoms in total. The summed E-state index contributed by atoms with van der Waals surface area (Å²) in [5, 5.41) is 17.3. The van der Waals surface area contributed by atoms with Crippen LogP contribution in [-0.2, 0) is 11.0 Å². The molecule has 0 spiro atoms. The molecule has 0 radical (unpaired) electrons. The molecule has 2 N–H and O–H groups in total. The number of aliphatic hydroxyl groups excluding tert-OH is 1. The van der Waals surface area contributed by atoms with E-state index in [9.17, 15) is 22.4 Å². The summed E-state index contributed by atoms with van der Waals surface area (Å²) in [6.45, 7) is 0. The van der Waals surface area contributed by atoms with Gasteiger partial charge >= 0.3 is 12.1 Å². The molecule has 0 bridgehead atoms. The zero-order chi connectivity index (χ0) is 12.5. The SMILES string of the molecule is O=C(O)C(O)c1ccc(C(F)(F)F)cc1F. The Morgan fingerprint density at radius 3 is 2.25 bits per heavy atom. The maximum atomic E-state index is 13.1. The van der Waals surface area contributed by atoms with Crippen LogP contribution in [0, 0.1) is 5.82 Å². The number of carboxylic acid groups (broad SMARTS) is 1. The number of aliphatic carboxylic acids is 1. The molecule has 1 atom stereocenters. The van der Waals surface area contributed by atoms with Gasteiger partial charge in [-0.1, -0.05) is 6.07 Å². The number of hydrogen-bond acceptors (Lipinski definition) is 2. The van der Waals surface area contributed by atoms with Crippen molar-refractivity contribution < 1.29 is 32.6 Å². The minimum Gasteiger partial charge on any atom is -0.479 e. The van der Waals surface area contributed by atoms with Gasteiger partial charge in [-0.3, -0.25) is 0 Å². The van der Waals surface area contributed by atoms with Gasteiger partial charge in [0, 0.05) is 5.56 Å². The molecular formula is C9H6F4O3. The average Bonchev–Trinajstić information content (AvgIpc) is 2.15. The molecule has 0 saturated carbocycles. The molecule has 7 heteroatoms. The molecule has 1 rings (SSSR count). The van der Waals surface area contributed by atoms with E-state index in [1.54, 1.807) is 0 Å². The third-order valence-electron chi connectivity index (χ3n) is 1.86. The van der Waals surface area contributed by atoms with Crippen molar-refractivity contribution >= 4 is 5.97 Å². The highest BCUT2D eigenvalue weighted by molar-refractivity contribution is 5.74. The lowest BCUT2D eigenvalue weighted by atomic mass is 10.1. The van der Waals surface area contributed by atoms with Crippen LogP contribution < -0.4 is 0 Å². The topological polar surface area (TPSA) is 57.5 Å². The van der Waals surface area contributed by atoms with Crippen LogP contribution in [0.3, 0.4) is 0 Å². The van der Waals surface area contributed by atoms with Gasteiger partial charge in [0.05, 0.1) is 5.56 Å². The molecule has 1 unspecified atom stereocenters. The predicted octanol–water partition coefficient (Wildman–Crippen LogP) is 1.96. The molecule has 1 aromatic rings. The van der Waals surface area contributed by atoms with Gasteiger partial charge in [-0.05, 0) is 12.1 Å². The van der Waals surface area contributed by atoms with E-state index in [1.807, 2.05) is 0 Å². The lowest BCUT2D eigenvalue weighted by Gasteiger charge is -2.10. The van der Waals surface area contributed by atoms with Crippen molar-refractivity contribution in [3.05, 3.63) is 35.1 Å². The van der Waals surface area contributed by atoms with Crippen molar-refractivity contribution in [2.24, 2.45) is 0 Å². The molecule has 0 aliphatic rings. The highest BCUT2D eigenvalue weighted by Gasteiger charge is 2.32. The Hall–Kier alpha value is -1.63. The van der Waals surface area contributed by atoms with Gasteiger partial charge in [-0.15, -0.1) is 0 Å². The fourth-order valence-electron chi connectivity index (χ4n) is 1.06. The Balaban J connectivity index is 3.15. The first kappa shape index (κ1) is 12.4. The largest absolute Gasteiger partial charge is 0.479 e. The summed E-state index contributed by atoms with van der Waals surface area (Å²) in [4.78, 5) is 10.3. The lowest BCUT2D eigenvalue weighted by molar-refractivity contribution is -0.147. The van der Waals surface area contributed by atoms with Crippen molar-refractivity contribution in [2.45, 2.75) is 12.3 Å². The number of carbonyl (C=O) groups is 1. The van der Waals surface area contributed by atoms with Gasteiger partial charge in [0.15, 0.2) is 6.10 Å². The molecule has 0 amide bonds. The Morgan fingerprint density at radius 1 is 1.31 bits per heavy atom. The number of hydrogen-bond donors (Lipinski definition) is 2. The zero-order valence-corrected chi connectivity index (χ0v) is 7.62. The van der Waals surface area contributed by atoms with Crippen LogP contribution in [0.25, 0.3) is 0 Å². The maximum absolute atomic E-state index is 13.1. The van der Waals surface area contributed by atoms with Crippen LogP contribution in [0.1, 0.15) is 17.2 Å². The average molecular weight is 238 g/mol. The second-order valence-corrected chi connectivity index (χ2v) is 2.97. The minimum atomic E-state index is -4.71. The lowest BCUT2D eigenvalue weighted by Crippen LogP contribution is -2.13. The van der Waals surface area contributed by atoms with Crippen molar-refractivity contribution in [1.29, 1.82) is 0 Å². The molecule has 88 valence electrons. The van der Waals surface area contributed by atoms with Gasteiger partial charge in [0.1, 0.15) is 5.82 Å². The first-order valence-corrected chi connectivity index (χ1v) is 4.01. The van der Waals surface area contributed by atoms with Gasteiger partial charge in [-0.25, -0.2) is 9.18 Å². The van der Waals surface area contributed by atoms with Crippen LogP contribution >= 0.6 is 0 Å². The predicted molar refractivity (Wildman–Crippen MR) is 44.0 cm³/mol. The van der Waals surface area contributed by atoms with Crippen molar-refractivity contribution in [2.75, 3.05) is 0 Å². The normalized spacial score (nSPS) is 13.6. The maximum Gasteiger partial charge on any atom is 0.416 e. The molecule has 0 aliphatic heterocycles. The second kappa shape index (κ2) is 4.09. The second-order valence-electron chi connectivity index (χ2n) is 2.97. The summed E-state index contributed by atoms with van der Waals surface area (Å²) in [5.74, 6) is -3.15. The van der Waals surface area contributed by atoms with E-state index < -0.39 is 35.2 Å². The van der Waals surface area contributed by atoms with E-state index in [-0.39, 0.29) is 6.07 Å². The van der Waals surface area contributed by atoms with Crippen molar-refractivity contribution in [1.82, 2.24) is 0 Å². The first-order chi connectivity index (χ1) is 7.23. The van der Waals surface area contributed by atoms with Crippen LogP contribution in [0.15, 0.2) is 18.2 Å². The van der Waals surface area contributed by atoms with Crippen molar-refractivity contribution in [3.63, 3.8) is 0 Å². The third kappa shape index (κ3) is 2.48. The Labute approximate surface area is 86.9 Å². The van der Waals surface area contributed by atoms with Gasteiger partial charge in [0.2, 0.25) is 0 Å². The van der Waals surface area contributed by atoms with Crippen molar-refractivity contribution in [3.8, 4) is 0 Å². The van der Waals surface area contributed by atoms with E-state index in [0.717, 1.165) is 0 Å². The summed E-state index contributed by atoms with van der Waals surface area (Å²) >= 11 is 0. The summed E-state index contributed by atoms with van der Waals surface area (Å²) in [7, 11) is 0. The van der Waals surface area contributed by atoms with Crippen LogP contribution in [0.4, 0.5) is 17.6 Å². The third-order valence-corrected chi connectivity index (χ3v) is 1.86. The number of rotatable bonds is 2. The number of halogens is 4. The van der Waals surface area contributed by atoms with E-state index in [2.05, 4.69) is 0 Å². The van der Waals surface area contributed by atoms with Gasteiger partial charge < -0.3 is 10.2 Å². The summed E-state index contributed by atoms with van der Waals surface area (Å²) < 4.78 is 49.4. The molecular weight excluding hydrogens is 232 g/mol. The molecule has 0 fully saturated rings. The van der Waals surface area contributed by atoms with Crippen LogP contribution in [-0.4, -0.2) is 16.2 Å². The monoisotopic (exact) mass is 238 g/mol. The molecule has 0 saturated heterocycles. The Bertz CT molecular complexity index is 414. The smallest absolute Gasteiger partial charge is 0.416 e. The molecule has 16 heavy (non-hydrogen) atoms. The molecule has 1 aromatic carbocycles. The first-order valence-electron chi connectivity index (χ1n) is 4.01. The standard InChI is InChI=1S/C9H6F4O3/c10-6-3-4(9(11,12)13)1-2-5(6)7(14)8(15)16/h1-3,7,14H,(H,15,16). The van der Waals surface area contributed by atoms with E-state index >= 15 is 0 Å². The quantitative estimate of drug-likeness (QED) is 0.774. The minimum absolute atomic E-state index is 0.140. The molecule has 0 aliphatic carbocycles. The number of benzene rings is 1.